The first-order chi connectivity index (χ1) is 8.25. The van der Waals surface area contributed by atoms with Gasteiger partial charge < -0.3 is 11.1 Å². The van der Waals surface area contributed by atoms with Crippen molar-refractivity contribution in [2.75, 3.05) is 17.6 Å². The summed E-state index contributed by atoms with van der Waals surface area (Å²) in [5.74, 6) is 0.482. The summed E-state index contributed by atoms with van der Waals surface area (Å²) in [4.78, 5) is 4.11. The minimum absolute atomic E-state index is 0.0177. The van der Waals surface area contributed by atoms with E-state index in [-0.39, 0.29) is 11.9 Å². The van der Waals surface area contributed by atoms with Gasteiger partial charge >= 0.3 is 0 Å². The van der Waals surface area contributed by atoms with Crippen molar-refractivity contribution in [3.63, 3.8) is 0 Å². The van der Waals surface area contributed by atoms with Gasteiger partial charge in [-0.25, -0.2) is 9.07 Å². The Labute approximate surface area is 97.5 Å². The van der Waals surface area contributed by atoms with E-state index in [1.165, 1.54) is 12.3 Å². The van der Waals surface area contributed by atoms with Crippen molar-refractivity contribution < 1.29 is 4.39 Å². The van der Waals surface area contributed by atoms with Crippen molar-refractivity contribution in [3.05, 3.63) is 36.0 Å². The molecule has 0 amide bonds. The summed E-state index contributed by atoms with van der Waals surface area (Å²) >= 11 is 0. The molecule has 0 radical (unpaired) electrons. The lowest BCUT2D eigenvalue weighted by Gasteiger charge is -2.25. The van der Waals surface area contributed by atoms with Crippen molar-refractivity contribution in [2.24, 2.45) is 0 Å². The third-order valence-electron chi connectivity index (χ3n) is 2.92. The molecule has 5 nitrogen and oxygen atoms in total. The molecule has 0 spiro atoms. The standard InChI is InChI=1S/C11H12FN5/c12-7-1-2-9(15-5-7)10-3-4-14-11-8(13)6-16-17(10)11/h1-2,5-6,10,14H,3-4,13H2. The van der Waals surface area contributed by atoms with Gasteiger partial charge in [0.15, 0.2) is 0 Å². The second-order valence-electron chi connectivity index (χ2n) is 4.03. The molecule has 0 fully saturated rings. The molecule has 3 rings (SSSR count). The fraction of sp³-hybridized carbons (Fsp3) is 0.273. The first-order valence-electron chi connectivity index (χ1n) is 5.44. The molecule has 2 aromatic heterocycles. The van der Waals surface area contributed by atoms with Crippen LogP contribution in [0, 0.1) is 5.82 Å². The Morgan fingerprint density at radius 2 is 2.29 bits per heavy atom. The van der Waals surface area contributed by atoms with E-state index in [2.05, 4.69) is 15.4 Å². The second-order valence-corrected chi connectivity index (χ2v) is 4.03. The van der Waals surface area contributed by atoms with Gasteiger partial charge in [0.05, 0.1) is 29.8 Å². The van der Waals surface area contributed by atoms with E-state index in [9.17, 15) is 4.39 Å². The van der Waals surface area contributed by atoms with Crippen LogP contribution in [0.1, 0.15) is 18.2 Å². The van der Waals surface area contributed by atoms with E-state index in [1.54, 1.807) is 16.9 Å². The van der Waals surface area contributed by atoms with Crippen molar-refractivity contribution in [1.29, 1.82) is 0 Å². The summed E-state index contributed by atoms with van der Waals surface area (Å²) in [6.07, 6.45) is 3.70. The smallest absolute Gasteiger partial charge is 0.148 e. The molecule has 0 saturated carbocycles. The van der Waals surface area contributed by atoms with Crippen molar-refractivity contribution in [1.82, 2.24) is 14.8 Å². The number of fused-ring (bicyclic) bond motifs is 1. The van der Waals surface area contributed by atoms with Crippen molar-refractivity contribution in [2.45, 2.75) is 12.5 Å². The first-order valence-corrected chi connectivity index (χ1v) is 5.44. The topological polar surface area (TPSA) is 68.8 Å². The molecule has 88 valence electrons. The number of nitrogens with one attached hydrogen (secondary N) is 1. The minimum Gasteiger partial charge on any atom is -0.394 e. The summed E-state index contributed by atoms with van der Waals surface area (Å²) < 4.78 is 14.6. The van der Waals surface area contributed by atoms with Crippen LogP contribution in [0.15, 0.2) is 24.5 Å². The number of anilines is 2. The van der Waals surface area contributed by atoms with E-state index < -0.39 is 0 Å². The molecule has 0 aromatic carbocycles. The summed E-state index contributed by atoms with van der Waals surface area (Å²) in [6, 6.07) is 3.12. The maximum Gasteiger partial charge on any atom is 0.148 e. The number of aromatic nitrogens is 3. The first kappa shape index (κ1) is 10.1. The zero-order valence-corrected chi connectivity index (χ0v) is 9.10. The summed E-state index contributed by atoms with van der Waals surface area (Å²) in [5.41, 5.74) is 7.22. The van der Waals surface area contributed by atoms with Gasteiger partial charge in [-0.2, -0.15) is 5.10 Å². The highest BCUT2D eigenvalue weighted by atomic mass is 19.1. The predicted octanol–water partition coefficient (Wildman–Crippen LogP) is 1.40. The van der Waals surface area contributed by atoms with E-state index >= 15 is 0 Å². The second kappa shape index (κ2) is 3.73. The van der Waals surface area contributed by atoms with Gasteiger partial charge in [0.1, 0.15) is 11.6 Å². The number of hydrogen-bond acceptors (Lipinski definition) is 4. The van der Waals surface area contributed by atoms with Crippen molar-refractivity contribution >= 4 is 11.5 Å². The van der Waals surface area contributed by atoms with Crippen LogP contribution in [0.4, 0.5) is 15.9 Å². The van der Waals surface area contributed by atoms with Gasteiger partial charge in [0, 0.05) is 6.54 Å². The molecular weight excluding hydrogens is 221 g/mol. The van der Waals surface area contributed by atoms with Crippen LogP contribution in [0.5, 0.6) is 0 Å². The quantitative estimate of drug-likeness (QED) is 0.781. The fourth-order valence-electron chi connectivity index (χ4n) is 2.10. The molecule has 1 unspecified atom stereocenters. The lowest BCUT2D eigenvalue weighted by molar-refractivity contribution is 0.470. The maximum absolute atomic E-state index is 12.8. The number of rotatable bonds is 1. The Balaban J connectivity index is 2.02. The number of pyridine rings is 1. The SMILES string of the molecule is Nc1cnn2c1NCCC2c1ccc(F)cn1. The Bertz CT molecular complexity index is 533. The lowest BCUT2D eigenvalue weighted by atomic mass is 10.1. The molecule has 0 bridgehead atoms. The van der Waals surface area contributed by atoms with E-state index in [1.807, 2.05) is 0 Å². The fourth-order valence-corrected chi connectivity index (χ4v) is 2.10. The van der Waals surface area contributed by atoms with E-state index in [4.69, 9.17) is 5.73 Å². The monoisotopic (exact) mass is 233 g/mol. The average molecular weight is 233 g/mol. The zero-order chi connectivity index (χ0) is 11.8. The van der Waals surface area contributed by atoms with E-state index in [0.717, 1.165) is 24.5 Å². The largest absolute Gasteiger partial charge is 0.394 e. The van der Waals surface area contributed by atoms with Gasteiger partial charge in [0.25, 0.3) is 0 Å². The molecule has 1 aliphatic heterocycles. The third-order valence-corrected chi connectivity index (χ3v) is 2.92. The minimum atomic E-state index is -0.331. The Kier molecular flexibility index (Phi) is 2.21. The van der Waals surface area contributed by atoms with Gasteiger partial charge in [-0.1, -0.05) is 0 Å². The van der Waals surface area contributed by atoms with Gasteiger partial charge in [0.2, 0.25) is 0 Å². The molecule has 1 atom stereocenters. The highest BCUT2D eigenvalue weighted by molar-refractivity contribution is 5.61. The predicted molar refractivity (Wildman–Crippen MR) is 62.1 cm³/mol. The van der Waals surface area contributed by atoms with Crippen LogP contribution in [-0.4, -0.2) is 21.3 Å². The van der Waals surface area contributed by atoms with Gasteiger partial charge in [-0.05, 0) is 18.6 Å². The Morgan fingerprint density at radius 1 is 1.41 bits per heavy atom. The van der Waals surface area contributed by atoms with Crippen molar-refractivity contribution in [3.8, 4) is 0 Å². The van der Waals surface area contributed by atoms with Crippen LogP contribution in [0.25, 0.3) is 0 Å². The highest BCUT2D eigenvalue weighted by Crippen LogP contribution is 2.31. The molecule has 0 saturated heterocycles. The molecule has 0 aliphatic carbocycles. The molecule has 2 aromatic rings. The number of nitrogens with zero attached hydrogens (tertiary/aromatic N) is 3. The van der Waals surface area contributed by atoms with Gasteiger partial charge in [-0.15, -0.1) is 0 Å². The molecule has 3 heterocycles. The summed E-state index contributed by atoms with van der Waals surface area (Å²) in [7, 11) is 0. The summed E-state index contributed by atoms with van der Waals surface area (Å²) in [6.45, 7) is 0.805. The maximum atomic E-state index is 12.8. The molecule has 3 N–H and O–H groups in total. The lowest BCUT2D eigenvalue weighted by Crippen LogP contribution is -2.25. The molecular formula is C11H12FN5. The Hall–Kier alpha value is -2.11. The van der Waals surface area contributed by atoms with Crippen LogP contribution < -0.4 is 11.1 Å². The van der Waals surface area contributed by atoms with Crippen LogP contribution in [-0.2, 0) is 0 Å². The zero-order valence-electron chi connectivity index (χ0n) is 9.10. The average Bonchev–Trinajstić information content (AvgIpc) is 2.73. The van der Waals surface area contributed by atoms with E-state index in [0.29, 0.717) is 5.69 Å². The third kappa shape index (κ3) is 1.61. The number of hydrogen-bond donors (Lipinski definition) is 2. The normalized spacial score (nSPS) is 18.5. The highest BCUT2D eigenvalue weighted by Gasteiger charge is 2.24. The number of nitrogens with two attached hydrogens (primary N) is 1. The molecule has 1 aliphatic rings. The van der Waals surface area contributed by atoms with Crippen LogP contribution in [0.2, 0.25) is 0 Å². The Morgan fingerprint density at radius 3 is 3.06 bits per heavy atom. The van der Waals surface area contributed by atoms with Crippen LogP contribution >= 0.6 is 0 Å². The molecule has 6 heteroatoms. The number of nitrogen functional groups attached to an aromatic ring is 1. The molecule has 17 heavy (non-hydrogen) atoms. The van der Waals surface area contributed by atoms with Gasteiger partial charge in [-0.3, -0.25) is 4.98 Å². The summed E-state index contributed by atoms with van der Waals surface area (Å²) in [5, 5.41) is 7.43. The number of halogens is 1. The van der Waals surface area contributed by atoms with Crippen LogP contribution in [0.3, 0.4) is 0 Å².